The SMILES string of the molecule is C=CCc1c(CC)nc(-c2ccc(OC)s2)nc1Nc1ccc(C(=O)O)cc1. The van der Waals surface area contributed by atoms with Gasteiger partial charge in [-0.3, -0.25) is 0 Å². The molecule has 0 aliphatic rings. The molecule has 0 bridgehead atoms. The first-order chi connectivity index (χ1) is 13.5. The minimum atomic E-state index is -0.955. The van der Waals surface area contributed by atoms with Crippen LogP contribution in [0.5, 0.6) is 5.06 Å². The number of aryl methyl sites for hydroxylation is 1. The molecule has 28 heavy (non-hydrogen) atoms. The Bertz CT molecular complexity index is 997. The number of carboxylic acid groups (broad SMARTS) is 1. The van der Waals surface area contributed by atoms with E-state index in [9.17, 15) is 4.79 Å². The Morgan fingerprint density at radius 2 is 2.00 bits per heavy atom. The quantitative estimate of drug-likeness (QED) is 0.525. The molecule has 0 amide bonds. The molecule has 7 heteroatoms. The van der Waals surface area contributed by atoms with E-state index in [1.54, 1.807) is 31.4 Å². The molecule has 0 radical (unpaired) electrons. The number of nitrogens with zero attached hydrogens (tertiary/aromatic N) is 2. The van der Waals surface area contributed by atoms with Gasteiger partial charge < -0.3 is 15.2 Å². The van der Waals surface area contributed by atoms with Gasteiger partial charge >= 0.3 is 5.97 Å². The summed E-state index contributed by atoms with van der Waals surface area (Å²) >= 11 is 1.48. The summed E-state index contributed by atoms with van der Waals surface area (Å²) < 4.78 is 5.28. The third-order valence-corrected chi connectivity index (χ3v) is 5.22. The van der Waals surface area contributed by atoms with Gasteiger partial charge in [-0.05, 0) is 49.2 Å². The fraction of sp³-hybridized carbons (Fsp3) is 0.190. The fourth-order valence-corrected chi connectivity index (χ4v) is 3.53. The summed E-state index contributed by atoms with van der Waals surface area (Å²) in [5.74, 6) is 0.364. The molecule has 0 fully saturated rings. The molecule has 0 atom stereocenters. The van der Waals surface area contributed by atoms with Crippen LogP contribution < -0.4 is 10.1 Å². The number of hydrogen-bond donors (Lipinski definition) is 2. The molecule has 2 N–H and O–H groups in total. The van der Waals surface area contributed by atoms with E-state index in [-0.39, 0.29) is 5.56 Å². The molecule has 0 saturated carbocycles. The molecular formula is C21H21N3O3S. The number of carbonyl (C=O) groups is 1. The third kappa shape index (κ3) is 4.20. The highest BCUT2D eigenvalue weighted by Gasteiger charge is 2.16. The summed E-state index contributed by atoms with van der Waals surface area (Å²) in [6, 6.07) is 10.4. The van der Waals surface area contributed by atoms with E-state index in [0.29, 0.717) is 18.1 Å². The fourth-order valence-electron chi connectivity index (χ4n) is 2.78. The average Bonchev–Trinajstić information content (AvgIpc) is 3.19. The van der Waals surface area contributed by atoms with Gasteiger partial charge in [0.2, 0.25) is 0 Å². The molecule has 3 aromatic rings. The van der Waals surface area contributed by atoms with Crippen LogP contribution in [0.1, 0.15) is 28.5 Å². The van der Waals surface area contributed by atoms with Crippen molar-refractivity contribution in [2.24, 2.45) is 0 Å². The van der Waals surface area contributed by atoms with E-state index < -0.39 is 5.97 Å². The third-order valence-electron chi connectivity index (χ3n) is 4.17. The molecule has 6 nitrogen and oxygen atoms in total. The van der Waals surface area contributed by atoms with Crippen LogP contribution in [-0.4, -0.2) is 28.2 Å². The Morgan fingerprint density at radius 3 is 2.57 bits per heavy atom. The zero-order valence-corrected chi connectivity index (χ0v) is 16.5. The van der Waals surface area contributed by atoms with Crippen molar-refractivity contribution in [3.05, 3.63) is 65.9 Å². The highest BCUT2D eigenvalue weighted by atomic mass is 32.1. The van der Waals surface area contributed by atoms with E-state index in [4.69, 9.17) is 19.8 Å². The lowest BCUT2D eigenvalue weighted by molar-refractivity contribution is 0.0697. The molecular weight excluding hydrogens is 374 g/mol. The summed E-state index contributed by atoms with van der Waals surface area (Å²) in [6.07, 6.45) is 3.21. The van der Waals surface area contributed by atoms with Crippen molar-refractivity contribution in [1.82, 2.24) is 9.97 Å². The predicted molar refractivity (Wildman–Crippen MR) is 112 cm³/mol. The molecule has 0 aliphatic heterocycles. The maximum atomic E-state index is 11.1. The van der Waals surface area contributed by atoms with Crippen LogP contribution in [-0.2, 0) is 12.8 Å². The van der Waals surface area contributed by atoms with Crippen molar-refractivity contribution in [2.45, 2.75) is 19.8 Å². The first-order valence-corrected chi connectivity index (χ1v) is 9.62. The molecule has 3 rings (SSSR count). The number of nitrogens with one attached hydrogen (secondary N) is 1. The zero-order chi connectivity index (χ0) is 20.1. The average molecular weight is 395 g/mol. The monoisotopic (exact) mass is 395 g/mol. The molecule has 144 valence electrons. The van der Waals surface area contributed by atoms with Crippen molar-refractivity contribution in [1.29, 1.82) is 0 Å². The van der Waals surface area contributed by atoms with Gasteiger partial charge in [0, 0.05) is 16.9 Å². The van der Waals surface area contributed by atoms with Gasteiger partial charge in [0.25, 0.3) is 0 Å². The van der Waals surface area contributed by atoms with Gasteiger partial charge in [-0.25, -0.2) is 14.8 Å². The van der Waals surface area contributed by atoms with Crippen molar-refractivity contribution >= 4 is 28.8 Å². The van der Waals surface area contributed by atoms with Gasteiger partial charge in [-0.1, -0.05) is 24.3 Å². The second-order valence-corrected chi connectivity index (χ2v) is 7.04. The van der Waals surface area contributed by atoms with E-state index in [1.807, 2.05) is 18.2 Å². The molecule has 2 aromatic heterocycles. The maximum Gasteiger partial charge on any atom is 0.335 e. The molecule has 0 saturated heterocycles. The Hall–Kier alpha value is -3.19. The smallest absolute Gasteiger partial charge is 0.335 e. The van der Waals surface area contributed by atoms with Gasteiger partial charge in [0.1, 0.15) is 5.82 Å². The summed E-state index contributed by atoms with van der Waals surface area (Å²) in [5.41, 5.74) is 2.92. The number of rotatable bonds is 8. The summed E-state index contributed by atoms with van der Waals surface area (Å²) in [7, 11) is 1.63. The number of aromatic carboxylic acids is 1. The standard InChI is InChI=1S/C21H21N3O3S/c1-4-6-15-16(5-2)23-20(17-11-12-18(27-3)28-17)24-19(15)22-14-9-7-13(8-10-14)21(25)26/h4,7-12H,1,5-6H2,2-3H3,(H,25,26)(H,22,23,24). The maximum absolute atomic E-state index is 11.1. The largest absolute Gasteiger partial charge is 0.487 e. The number of methoxy groups -OCH3 is 1. The molecule has 0 spiro atoms. The van der Waals surface area contributed by atoms with Crippen LogP contribution in [0.3, 0.4) is 0 Å². The highest BCUT2D eigenvalue weighted by molar-refractivity contribution is 7.17. The van der Waals surface area contributed by atoms with Crippen LogP contribution in [0.2, 0.25) is 0 Å². The number of ether oxygens (including phenoxy) is 1. The number of carboxylic acids is 1. The van der Waals surface area contributed by atoms with Crippen LogP contribution in [0.25, 0.3) is 10.7 Å². The minimum absolute atomic E-state index is 0.236. The lowest BCUT2D eigenvalue weighted by atomic mass is 10.1. The van der Waals surface area contributed by atoms with Gasteiger partial charge in [-0.2, -0.15) is 0 Å². The van der Waals surface area contributed by atoms with Crippen molar-refractivity contribution in [3.8, 4) is 15.8 Å². The normalized spacial score (nSPS) is 10.5. The topological polar surface area (TPSA) is 84.3 Å². The number of thiophene rings is 1. The van der Waals surface area contributed by atoms with Crippen molar-refractivity contribution in [3.63, 3.8) is 0 Å². The Balaban J connectivity index is 2.04. The number of anilines is 2. The van der Waals surface area contributed by atoms with Crippen LogP contribution >= 0.6 is 11.3 Å². The van der Waals surface area contributed by atoms with Gasteiger partial charge in [0.15, 0.2) is 10.9 Å². The van der Waals surface area contributed by atoms with Crippen LogP contribution in [0.4, 0.5) is 11.5 Å². The van der Waals surface area contributed by atoms with E-state index >= 15 is 0 Å². The van der Waals surface area contributed by atoms with Crippen molar-refractivity contribution < 1.29 is 14.6 Å². The first kappa shape index (κ1) is 19.6. The van der Waals surface area contributed by atoms with Crippen LogP contribution in [0.15, 0.2) is 49.1 Å². The number of benzene rings is 1. The Morgan fingerprint density at radius 1 is 1.25 bits per heavy atom. The molecule has 0 aliphatic carbocycles. The van der Waals surface area contributed by atoms with Gasteiger partial charge in [0.05, 0.1) is 17.6 Å². The zero-order valence-electron chi connectivity index (χ0n) is 15.7. The van der Waals surface area contributed by atoms with E-state index in [2.05, 4.69) is 18.8 Å². The lowest BCUT2D eigenvalue weighted by Crippen LogP contribution is -2.07. The van der Waals surface area contributed by atoms with Crippen molar-refractivity contribution in [2.75, 3.05) is 12.4 Å². The molecule has 1 aromatic carbocycles. The van der Waals surface area contributed by atoms with E-state index in [0.717, 1.165) is 33.3 Å². The van der Waals surface area contributed by atoms with Gasteiger partial charge in [-0.15, -0.1) is 6.58 Å². The number of allylic oxidation sites excluding steroid dienone is 1. The lowest BCUT2D eigenvalue weighted by Gasteiger charge is -2.15. The Kier molecular flexibility index (Phi) is 6.06. The highest BCUT2D eigenvalue weighted by Crippen LogP contribution is 2.33. The first-order valence-electron chi connectivity index (χ1n) is 8.81. The Labute approximate surface area is 167 Å². The summed E-state index contributed by atoms with van der Waals surface area (Å²) in [6.45, 7) is 5.90. The summed E-state index contributed by atoms with van der Waals surface area (Å²) in [5, 5.41) is 13.2. The molecule has 2 heterocycles. The number of hydrogen-bond acceptors (Lipinski definition) is 6. The summed E-state index contributed by atoms with van der Waals surface area (Å²) in [4.78, 5) is 21.5. The predicted octanol–water partition coefficient (Wildman–Crippen LogP) is 4.95. The number of aromatic nitrogens is 2. The second-order valence-electron chi connectivity index (χ2n) is 6.00. The molecule has 0 unspecified atom stereocenters. The minimum Gasteiger partial charge on any atom is -0.487 e. The second kappa shape index (κ2) is 8.67. The van der Waals surface area contributed by atoms with E-state index in [1.165, 1.54) is 11.3 Å². The van der Waals surface area contributed by atoms with Crippen LogP contribution in [0, 0.1) is 0 Å².